The van der Waals surface area contributed by atoms with Crippen LogP contribution in [-0.4, -0.2) is 73.2 Å². The van der Waals surface area contributed by atoms with Crippen LogP contribution in [0.15, 0.2) is 0 Å². The van der Waals surface area contributed by atoms with Crippen LogP contribution in [-0.2, 0) is 16.5 Å². The predicted octanol–water partition coefficient (Wildman–Crippen LogP) is -1.48. The van der Waals surface area contributed by atoms with Crippen molar-refractivity contribution in [1.29, 1.82) is 0 Å². The fourth-order valence-electron chi connectivity index (χ4n) is 0. The molecule has 22 valence electrons. The molecule has 0 amide bonds. The second kappa shape index (κ2) is 17.5. The largest absolute Gasteiger partial charge is 0.870 e. The number of hydrogen-bond donors (Lipinski definition) is 0. The molecular formula is H3BaLiNiO. The molecule has 0 saturated heterocycles. The van der Waals surface area contributed by atoms with Gasteiger partial charge in [-0.2, -0.15) is 0 Å². The van der Waals surface area contributed by atoms with Crippen molar-refractivity contribution < 1.29 is 22.0 Å². The van der Waals surface area contributed by atoms with Gasteiger partial charge in [-0.1, -0.05) is 0 Å². The van der Waals surface area contributed by atoms with Crippen molar-refractivity contribution in [3.63, 3.8) is 0 Å². The Morgan fingerprint density at radius 1 is 1.00 bits per heavy atom. The summed E-state index contributed by atoms with van der Waals surface area (Å²) in [6.07, 6.45) is 0. The summed E-state index contributed by atoms with van der Waals surface area (Å²) < 4.78 is 0. The van der Waals surface area contributed by atoms with Gasteiger partial charge in [0.1, 0.15) is 0 Å². The summed E-state index contributed by atoms with van der Waals surface area (Å²) in [7, 11) is 0. The van der Waals surface area contributed by atoms with Gasteiger partial charge in [0.25, 0.3) is 0 Å². The van der Waals surface area contributed by atoms with Crippen molar-refractivity contribution in [3.8, 4) is 0 Å². The maximum atomic E-state index is 0. The zero-order chi connectivity index (χ0) is 0. The molecule has 0 aromatic rings. The van der Waals surface area contributed by atoms with Crippen LogP contribution in [0.4, 0.5) is 0 Å². The van der Waals surface area contributed by atoms with Crippen LogP contribution in [0.5, 0.6) is 0 Å². The Bertz CT molecular complexity index is 8.00. The van der Waals surface area contributed by atoms with Crippen LogP contribution >= 0.6 is 0 Å². The van der Waals surface area contributed by atoms with Crippen LogP contribution in [0.25, 0.3) is 0 Å². The second-order valence-electron chi connectivity index (χ2n) is 0. The fraction of sp³-hybridized carbons (Fsp3) is 0. The van der Waals surface area contributed by atoms with Crippen molar-refractivity contribution in [3.05, 3.63) is 0 Å². The van der Waals surface area contributed by atoms with Gasteiger partial charge in [-0.25, -0.2) is 0 Å². The minimum absolute atomic E-state index is 0. The van der Waals surface area contributed by atoms with E-state index in [2.05, 4.69) is 0 Å². The molecule has 4 heteroatoms. The van der Waals surface area contributed by atoms with E-state index >= 15 is 0 Å². The minimum atomic E-state index is 0. The van der Waals surface area contributed by atoms with Crippen molar-refractivity contribution in [2.75, 3.05) is 0 Å². The van der Waals surface area contributed by atoms with E-state index in [9.17, 15) is 0 Å². The third-order valence-electron chi connectivity index (χ3n) is 0. The summed E-state index contributed by atoms with van der Waals surface area (Å²) in [6.45, 7) is 0. The first kappa shape index (κ1) is 30.4. The third kappa shape index (κ3) is 8.82. The molecule has 0 rings (SSSR count). The van der Waals surface area contributed by atoms with Gasteiger partial charge < -0.3 is 5.48 Å². The zero-order valence-corrected chi connectivity index (χ0v) is 9.03. The molecule has 0 aromatic carbocycles. The summed E-state index contributed by atoms with van der Waals surface area (Å²) in [5, 5.41) is 0. The molecule has 0 unspecified atom stereocenters. The molecule has 0 aliphatic rings. The van der Waals surface area contributed by atoms with E-state index in [0.717, 1.165) is 0 Å². The van der Waals surface area contributed by atoms with Crippen LogP contribution < -0.4 is 0 Å². The van der Waals surface area contributed by atoms with E-state index in [1.165, 1.54) is 0 Å². The SMILES string of the molecule is [BaH+].[LiH].[Ni].[OH-]. The van der Waals surface area contributed by atoms with Gasteiger partial charge >= 0.3 is 67.7 Å². The smallest absolute Gasteiger partial charge is 0 e. The summed E-state index contributed by atoms with van der Waals surface area (Å²) in [6, 6.07) is 0. The third-order valence-corrected chi connectivity index (χ3v) is 0. The quantitative estimate of drug-likeness (QED) is 0.460. The molecule has 0 spiro atoms. The molecule has 4 heavy (non-hydrogen) atoms. The van der Waals surface area contributed by atoms with E-state index < -0.39 is 0 Å². The molecule has 0 fully saturated rings. The molecule has 0 radical (unpaired) electrons. The van der Waals surface area contributed by atoms with Crippen LogP contribution in [0, 0.1) is 0 Å². The van der Waals surface area contributed by atoms with E-state index in [-0.39, 0.29) is 89.7 Å². The molecule has 1 nitrogen and oxygen atoms in total. The van der Waals surface area contributed by atoms with Crippen molar-refractivity contribution in [2.45, 2.75) is 0 Å². The second-order valence-corrected chi connectivity index (χ2v) is 0. The van der Waals surface area contributed by atoms with Gasteiger partial charge in [-0.15, -0.1) is 0 Å². The Morgan fingerprint density at radius 3 is 1.00 bits per heavy atom. The van der Waals surface area contributed by atoms with Crippen LogP contribution in [0.3, 0.4) is 0 Å². The van der Waals surface area contributed by atoms with E-state index in [1.54, 1.807) is 0 Å². The summed E-state index contributed by atoms with van der Waals surface area (Å²) in [5.41, 5.74) is 0. The van der Waals surface area contributed by atoms with Crippen molar-refractivity contribution in [1.82, 2.24) is 0 Å². The van der Waals surface area contributed by atoms with Gasteiger partial charge in [0.15, 0.2) is 0 Å². The van der Waals surface area contributed by atoms with Crippen LogP contribution in [0.2, 0.25) is 0 Å². The maximum Gasteiger partial charge on any atom is 0 e. The normalized spacial score (nSPS) is 0. The van der Waals surface area contributed by atoms with E-state index in [1.807, 2.05) is 0 Å². The van der Waals surface area contributed by atoms with Crippen molar-refractivity contribution >= 4 is 67.7 Å². The standard InChI is InChI=1S/Ba.Li.Ni.H2O.2H/h;;;1H2;;/q+1;;;;;/p-1. The number of hydrogen-bond acceptors (Lipinski definition) is 1. The Hall–Kier alpha value is 2.62. The maximum absolute atomic E-state index is 0. The Kier molecular flexibility index (Phi) is 133. The topological polar surface area (TPSA) is 30.0 Å². The molecule has 1 N–H and O–H groups in total. The zero-order valence-electron chi connectivity index (χ0n) is 1.76. The molecule has 0 aromatic heterocycles. The molecule has 0 saturated carbocycles. The predicted molar refractivity (Wildman–Crippen MR) is 16.2 cm³/mol. The van der Waals surface area contributed by atoms with Crippen LogP contribution in [0.1, 0.15) is 0 Å². The molecule has 0 aliphatic heterocycles. The first-order chi connectivity index (χ1) is 0. The van der Waals surface area contributed by atoms with Gasteiger partial charge in [0.2, 0.25) is 0 Å². The fourth-order valence-corrected chi connectivity index (χ4v) is 0. The van der Waals surface area contributed by atoms with Crippen molar-refractivity contribution in [2.24, 2.45) is 0 Å². The molecule has 0 heterocycles. The van der Waals surface area contributed by atoms with Gasteiger partial charge in [0, 0.05) is 16.5 Å². The average molecular weight is 222 g/mol. The monoisotopic (exact) mass is 222 g/mol. The number of rotatable bonds is 0. The van der Waals surface area contributed by atoms with Gasteiger partial charge in [-0.05, 0) is 0 Å². The summed E-state index contributed by atoms with van der Waals surface area (Å²) in [4.78, 5) is 0. The summed E-state index contributed by atoms with van der Waals surface area (Å²) >= 11 is 0. The Morgan fingerprint density at radius 2 is 1.00 bits per heavy atom. The molecular weight excluding hydrogens is 219 g/mol. The first-order valence-corrected chi connectivity index (χ1v) is 0. The molecule has 0 atom stereocenters. The van der Waals surface area contributed by atoms with E-state index in [0.29, 0.717) is 0 Å². The Labute approximate surface area is 87.8 Å². The average Bonchev–Trinajstić information content (AvgIpc) is 0. The first-order valence-electron chi connectivity index (χ1n) is 0. The molecule has 0 bridgehead atoms. The molecule has 0 aliphatic carbocycles. The minimum Gasteiger partial charge on any atom is -0.870 e. The van der Waals surface area contributed by atoms with Gasteiger partial charge in [-0.3, -0.25) is 0 Å². The Balaban J connectivity index is 0. The summed E-state index contributed by atoms with van der Waals surface area (Å²) in [5.74, 6) is 0. The van der Waals surface area contributed by atoms with E-state index in [4.69, 9.17) is 0 Å². The van der Waals surface area contributed by atoms with Gasteiger partial charge in [0.05, 0.1) is 0 Å².